The first-order valence-corrected chi connectivity index (χ1v) is 6.68. The second-order valence-electron chi connectivity index (χ2n) is 4.71. The van der Waals surface area contributed by atoms with Crippen molar-refractivity contribution in [1.82, 2.24) is 0 Å². The molecule has 0 bridgehead atoms. The van der Waals surface area contributed by atoms with E-state index in [-0.39, 0.29) is 17.1 Å². The van der Waals surface area contributed by atoms with Crippen molar-refractivity contribution in [1.29, 1.82) is 0 Å². The molecule has 110 valence electrons. The standard InChI is InChI=1S/C14H14N2O2.CH2O2/c17-16(18)14-8-7-13(15-9-3-4-10-15)11-5-1-2-6-12(11)14;2-1-3/h1-2,5-8H,3-4,9-10H2;1H,(H,2,3). The Morgan fingerprint density at radius 2 is 1.67 bits per heavy atom. The third kappa shape index (κ3) is 3.10. The van der Waals surface area contributed by atoms with E-state index in [0.717, 1.165) is 29.5 Å². The molecule has 2 aromatic rings. The first-order valence-electron chi connectivity index (χ1n) is 6.68. The molecule has 6 nitrogen and oxygen atoms in total. The van der Waals surface area contributed by atoms with Crippen molar-refractivity contribution in [2.24, 2.45) is 0 Å². The highest BCUT2D eigenvalue weighted by Crippen LogP contribution is 2.34. The molecule has 0 unspecified atom stereocenters. The van der Waals surface area contributed by atoms with Gasteiger partial charge in [0.2, 0.25) is 0 Å². The zero-order chi connectivity index (χ0) is 15.2. The minimum atomic E-state index is -0.309. The maximum Gasteiger partial charge on any atom is 0.290 e. The Hall–Kier alpha value is -2.63. The highest BCUT2D eigenvalue weighted by atomic mass is 16.6. The number of non-ortho nitro benzene ring substituents is 1. The van der Waals surface area contributed by atoms with Crippen molar-refractivity contribution in [3.63, 3.8) is 0 Å². The number of fused-ring (bicyclic) bond motifs is 1. The van der Waals surface area contributed by atoms with E-state index in [0.29, 0.717) is 0 Å². The molecule has 2 aromatic carbocycles. The van der Waals surface area contributed by atoms with Gasteiger partial charge in [-0.05, 0) is 25.0 Å². The van der Waals surface area contributed by atoms with Gasteiger partial charge >= 0.3 is 0 Å². The van der Waals surface area contributed by atoms with E-state index in [2.05, 4.69) is 4.90 Å². The fraction of sp³-hybridized carbons (Fsp3) is 0.267. The van der Waals surface area contributed by atoms with Crippen LogP contribution in [0.1, 0.15) is 12.8 Å². The Morgan fingerprint density at radius 1 is 1.10 bits per heavy atom. The van der Waals surface area contributed by atoms with E-state index < -0.39 is 0 Å². The van der Waals surface area contributed by atoms with E-state index in [4.69, 9.17) is 9.90 Å². The molecule has 0 aliphatic carbocycles. The molecule has 1 saturated heterocycles. The minimum absolute atomic E-state index is 0.188. The first-order chi connectivity index (χ1) is 10.2. The third-order valence-electron chi connectivity index (χ3n) is 3.52. The molecule has 1 aliphatic heterocycles. The molecule has 0 amide bonds. The number of benzene rings is 2. The summed E-state index contributed by atoms with van der Waals surface area (Å²) in [7, 11) is 0. The van der Waals surface area contributed by atoms with Crippen LogP contribution >= 0.6 is 0 Å². The second kappa shape index (κ2) is 6.69. The Bertz CT molecular complexity index is 651. The van der Waals surface area contributed by atoms with Gasteiger partial charge < -0.3 is 10.0 Å². The molecular weight excluding hydrogens is 272 g/mol. The van der Waals surface area contributed by atoms with Gasteiger partial charge in [0.15, 0.2) is 0 Å². The van der Waals surface area contributed by atoms with Crippen LogP contribution in [0.25, 0.3) is 10.8 Å². The Labute approximate surface area is 121 Å². The monoisotopic (exact) mass is 288 g/mol. The summed E-state index contributed by atoms with van der Waals surface area (Å²) in [5.74, 6) is 0. The predicted molar refractivity (Wildman–Crippen MR) is 80.7 cm³/mol. The van der Waals surface area contributed by atoms with Gasteiger partial charge in [-0.25, -0.2) is 0 Å². The Kier molecular flexibility index (Phi) is 4.71. The average Bonchev–Trinajstić information content (AvgIpc) is 3.00. The van der Waals surface area contributed by atoms with Gasteiger partial charge in [0.25, 0.3) is 12.2 Å². The zero-order valence-corrected chi connectivity index (χ0v) is 11.4. The molecule has 1 aliphatic rings. The lowest BCUT2D eigenvalue weighted by molar-refractivity contribution is -0.383. The first kappa shape index (κ1) is 14.8. The molecule has 21 heavy (non-hydrogen) atoms. The minimum Gasteiger partial charge on any atom is -0.483 e. The molecule has 0 saturated carbocycles. The average molecular weight is 288 g/mol. The maximum absolute atomic E-state index is 11.0. The summed E-state index contributed by atoms with van der Waals surface area (Å²) in [4.78, 5) is 21.4. The summed E-state index contributed by atoms with van der Waals surface area (Å²) in [5, 5.41) is 19.6. The van der Waals surface area contributed by atoms with Crippen molar-refractivity contribution in [3.8, 4) is 0 Å². The van der Waals surface area contributed by atoms with Crippen LogP contribution in [0.15, 0.2) is 36.4 Å². The molecule has 3 rings (SSSR count). The molecular formula is C15H16N2O4. The predicted octanol–water partition coefficient (Wildman–Crippen LogP) is 3.05. The van der Waals surface area contributed by atoms with Crippen molar-refractivity contribution in [2.45, 2.75) is 12.8 Å². The summed E-state index contributed by atoms with van der Waals surface area (Å²) in [5.41, 5.74) is 1.31. The number of carbonyl (C=O) groups is 1. The number of nitro groups is 1. The lowest BCUT2D eigenvalue weighted by Crippen LogP contribution is -2.17. The van der Waals surface area contributed by atoms with Crippen molar-refractivity contribution in [2.75, 3.05) is 18.0 Å². The number of anilines is 1. The van der Waals surface area contributed by atoms with Gasteiger partial charge in [-0.3, -0.25) is 14.9 Å². The van der Waals surface area contributed by atoms with Crippen LogP contribution in [0.2, 0.25) is 0 Å². The third-order valence-corrected chi connectivity index (χ3v) is 3.52. The van der Waals surface area contributed by atoms with E-state index in [9.17, 15) is 10.1 Å². The van der Waals surface area contributed by atoms with Crippen molar-refractivity contribution in [3.05, 3.63) is 46.5 Å². The van der Waals surface area contributed by atoms with Crippen molar-refractivity contribution < 1.29 is 14.8 Å². The van der Waals surface area contributed by atoms with E-state index in [1.165, 1.54) is 12.8 Å². The molecule has 1 N–H and O–H groups in total. The van der Waals surface area contributed by atoms with Gasteiger partial charge in [-0.2, -0.15) is 0 Å². The van der Waals surface area contributed by atoms with Crippen LogP contribution in [-0.4, -0.2) is 29.6 Å². The highest BCUT2D eigenvalue weighted by molar-refractivity contribution is 6.00. The summed E-state index contributed by atoms with van der Waals surface area (Å²) < 4.78 is 0. The number of hydrogen-bond acceptors (Lipinski definition) is 4. The van der Waals surface area contributed by atoms with Crippen LogP contribution in [0, 0.1) is 10.1 Å². The van der Waals surface area contributed by atoms with Crippen LogP contribution < -0.4 is 4.90 Å². The van der Waals surface area contributed by atoms with E-state index in [1.54, 1.807) is 6.07 Å². The fourth-order valence-corrected chi connectivity index (χ4v) is 2.66. The smallest absolute Gasteiger partial charge is 0.290 e. The zero-order valence-electron chi connectivity index (χ0n) is 11.4. The van der Waals surface area contributed by atoms with E-state index in [1.807, 2.05) is 30.3 Å². The van der Waals surface area contributed by atoms with Gasteiger partial charge in [0.05, 0.1) is 10.3 Å². The molecule has 1 fully saturated rings. The lowest BCUT2D eigenvalue weighted by Gasteiger charge is -2.19. The fourth-order valence-electron chi connectivity index (χ4n) is 2.66. The van der Waals surface area contributed by atoms with E-state index >= 15 is 0 Å². The lowest BCUT2D eigenvalue weighted by atomic mass is 10.1. The number of nitro benzene ring substituents is 1. The largest absolute Gasteiger partial charge is 0.483 e. The van der Waals surface area contributed by atoms with Gasteiger partial charge in [-0.15, -0.1) is 0 Å². The van der Waals surface area contributed by atoms with Gasteiger partial charge in [0.1, 0.15) is 0 Å². The SMILES string of the molecule is O=CO.O=[N+]([O-])c1ccc(N2CCCC2)c2ccccc12. The molecule has 6 heteroatoms. The Morgan fingerprint density at radius 3 is 2.24 bits per heavy atom. The van der Waals surface area contributed by atoms with Crippen LogP contribution in [0.3, 0.4) is 0 Å². The summed E-state index contributed by atoms with van der Waals surface area (Å²) >= 11 is 0. The quantitative estimate of drug-likeness (QED) is 0.521. The molecule has 1 heterocycles. The second-order valence-corrected chi connectivity index (χ2v) is 4.71. The summed E-state index contributed by atoms with van der Waals surface area (Å²) in [6, 6.07) is 11.1. The molecule has 0 radical (unpaired) electrons. The maximum atomic E-state index is 11.0. The van der Waals surface area contributed by atoms with Gasteiger partial charge in [-0.1, -0.05) is 18.2 Å². The summed E-state index contributed by atoms with van der Waals surface area (Å²) in [6.45, 7) is 1.84. The summed E-state index contributed by atoms with van der Waals surface area (Å²) in [6.07, 6.45) is 2.40. The van der Waals surface area contributed by atoms with Crippen molar-refractivity contribution >= 4 is 28.6 Å². The topological polar surface area (TPSA) is 83.7 Å². The van der Waals surface area contributed by atoms with Crippen LogP contribution in [0.5, 0.6) is 0 Å². The normalized spacial score (nSPS) is 13.6. The molecule has 0 atom stereocenters. The molecule has 0 spiro atoms. The number of hydrogen-bond donors (Lipinski definition) is 1. The number of nitrogens with zero attached hydrogens (tertiary/aromatic N) is 2. The van der Waals surface area contributed by atoms with Crippen LogP contribution in [0.4, 0.5) is 11.4 Å². The number of rotatable bonds is 2. The Balaban J connectivity index is 0.000000497. The highest BCUT2D eigenvalue weighted by Gasteiger charge is 2.19. The molecule has 0 aromatic heterocycles. The number of carboxylic acid groups (broad SMARTS) is 1. The van der Waals surface area contributed by atoms with Gasteiger partial charge in [0, 0.05) is 30.2 Å². The van der Waals surface area contributed by atoms with Crippen LogP contribution in [-0.2, 0) is 4.79 Å².